The van der Waals surface area contributed by atoms with Gasteiger partial charge in [-0.25, -0.2) is 0 Å². The summed E-state index contributed by atoms with van der Waals surface area (Å²) in [7, 11) is 6.75. The molecular weight excluding hydrogens is 1990 g/mol. The Morgan fingerprint density at radius 3 is 0.414 bits per heavy atom. The average Bonchev–Trinajstić information content (AvgIpc) is 0.856. The Morgan fingerprint density at radius 1 is 0.214 bits per heavy atom. The molecule has 0 aromatic heterocycles. The first-order valence-corrected chi connectivity index (χ1v) is 40.3. The smallest absolute Gasteiger partial charge is 0.545 e. The van der Waals surface area contributed by atoms with Gasteiger partial charge in [0.05, 0.1) is 74.2 Å². The van der Waals surface area contributed by atoms with Gasteiger partial charge in [-0.3, -0.25) is 9.59 Å². The number of hydrogen-bond donors (Lipinski definition) is 0. The Morgan fingerprint density at radius 2 is 0.321 bits per heavy atom. The van der Waals surface area contributed by atoms with Crippen molar-refractivity contribution in [2.24, 2.45) is 0 Å². The predicted molar refractivity (Wildman–Crippen MR) is 494 cm³/mol. The Hall–Kier alpha value is -17.0. The zero-order chi connectivity index (χ0) is 97.4. The van der Waals surface area contributed by atoms with Gasteiger partial charge in [-0.1, -0.05) is 192 Å². The molecule has 0 heterocycles. The molecule has 30 heteroatoms. The van der Waals surface area contributed by atoms with Crippen LogP contribution in [0, 0.1) is 94.7 Å². The zero-order valence-electron chi connectivity index (χ0n) is 75.6. The van der Waals surface area contributed by atoms with Crippen molar-refractivity contribution in [1.82, 2.24) is 9.80 Å². The number of nitrogens with zero attached hydrogens (tertiary/aromatic N) is 2. The Bertz CT molecular complexity index is 5770. The molecule has 0 aliphatic carbocycles. The van der Waals surface area contributed by atoms with Crippen LogP contribution in [0.1, 0.15) is 200 Å². The van der Waals surface area contributed by atoms with Crippen molar-refractivity contribution in [3.05, 3.63) is 400 Å². The number of hydrogen-bond acceptors (Lipinski definition) is 22. The number of carbonyl (C=O) groups is 10. The maximum atomic E-state index is 11.0. The van der Waals surface area contributed by atoms with E-state index in [1.54, 1.807) is 198 Å². The van der Waals surface area contributed by atoms with Crippen molar-refractivity contribution in [2.75, 3.05) is 54.6 Å². The van der Waals surface area contributed by atoms with Crippen LogP contribution in [0.4, 0.5) is 0 Å². The summed E-state index contributed by atoms with van der Waals surface area (Å²) in [5, 5.41) is 88.1. The van der Waals surface area contributed by atoms with Gasteiger partial charge in [0.25, 0.3) is 0 Å². The maximum absolute atomic E-state index is 11.0. The summed E-state index contributed by atoms with van der Waals surface area (Å²) in [6.45, 7) is 9.30. The maximum Gasteiger partial charge on any atom is 2.00 e. The fourth-order valence-electron chi connectivity index (χ4n) is 10.9. The van der Waals surface area contributed by atoms with E-state index in [1.807, 2.05) is 27.7 Å². The third kappa shape index (κ3) is 44.0. The van der Waals surface area contributed by atoms with E-state index in [1.165, 1.54) is 107 Å². The minimum Gasteiger partial charge on any atom is -0.545 e. The standard InChI is InChI=1S/4C26H18O5.2C3H7NO.4Cu.2H2O/c4*1-2-31-24-16-20(11-9-18-5-3-7-22(14-18)25(27)28)13-21(17-24)12-10-19-6-4-8-23(15-19)26(29)30;2*1-4(2)3-5;;;;;;/h4*3-8,13-17H,2H2,1H3,(H,27,28)(H,29,30);2*3H,1-2H3;;;;;2*1H2/q;;;;;;4*+2;;/p-6. The molecule has 0 spiro atoms. The number of carbonyl (C=O) groups excluding carboxylic acids is 10. The summed E-state index contributed by atoms with van der Waals surface area (Å²) in [5.74, 6) is 39.6. The van der Waals surface area contributed by atoms with Crippen LogP contribution in [-0.4, -0.2) is 125 Å². The largest absolute Gasteiger partial charge is 2.00 e. The van der Waals surface area contributed by atoms with Crippen LogP contribution in [0.2, 0.25) is 0 Å². The summed E-state index contributed by atoms with van der Waals surface area (Å²) in [5.41, 5.74) is 9.84. The van der Waals surface area contributed by atoms with Crippen molar-refractivity contribution in [3.8, 4) is 118 Å². The monoisotopic (exact) mass is 2070 g/mol. The van der Waals surface area contributed by atoms with E-state index < -0.39 is 47.8 Å². The number of rotatable bonds is 18. The van der Waals surface area contributed by atoms with Crippen LogP contribution < -0.4 is 59.8 Å². The predicted octanol–water partition coefficient (Wildman–Crippen LogP) is 4.00. The Balaban J connectivity index is 0.000000889. The van der Waals surface area contributed by atoms with Crippen LogP contribution in [-0.2, 0) is 88.8 Å². The molecule has 12 aromatic carbocycles. The molecule has 0 saturated carbocycles. The number of ether oxygens (including phenoxy) is 4. The summed E-state index contributed by atoms with van der Waals surface area (Å²) in [6.07, 6.45) is 1.50. The Kier molecular flexibility index (Phi) is 55.4. The minimum absolute atomic E-state index is 0. The molecule has 0 aliphatic rings. The molecular formula is C110H84Cu4N2O24+2. The zero-order valence-corrected chi connectivity index (χ0v) is 79.4. The number of aromatic carboxylic acids is 8. The van der Waals surface area contributed by atoms with E-state index in [0.717, 1.165) is 12.8 Å². The van der Waals surface area contributed by atoms with E-state index in [4.69, 9.17) is 18.9 Å². The van der Waals surface area contributed by atoms with Gasteiger partial charge in [0, 0.05) is 117 Å². The van der Waals surface area contributed by atoms with Gasteiger partial charge in [0.2, 0.25) is 12.8 Å². The van der Waals surface area contributed by atoms with Gasteiger partial charge in [0.15, 0.2) is 0 Å². The van der Waals surface area contributed by atoms with Gasteiger partial charge in [0.1, 0.15) is 23.0 Å². The first kappa shape index (κ1) is 121. The van der Waals surface area contributed by atoms with Crippen LogP contribution in [0.5, 0.6) is 23.0 Å². The first-order chi connectivity index (χ1) is 64.3. The molecule has 0 saturated heterocycles. The van der Waals surface area contributed by atoms with Crippen LogP contribution in [0.25, 0.3) is 0 Å². The van der Waals surface area contributed by atoms with Gasteiger partial charge in [-0.05, 0) is 242 Å². The van der Waals surface area contributed by atoms with Gasteiger partial charge >= 0.3 is 68.3 Å². The molecule has 0 unspecified atom stereocenters. The molecule has 140 heavy (non-hydrogen) atoms. The van der Waals surface area contributed by atoms with Crippen LogP contribution in [0.15, 0.2) is 267 Å². The summed E-state index contributed by atoms with van der Waals surface area (Å²) >= 11 is 0. The SMILES string of the molecule is CCOc1cc(C#Cc2cccc(C(=O)[O-])c2)cc(C#Cc2cccc(C(=O)[O-])c2)c1.CCOc1cc(C#Cc2cccc(C(=O)[O-])c2)cc(C#Cc2cccc(C(=O)[O-])c2)c1.CCOc1cc(C#Cc2cccc(C(=O)[O-])c2)cc(C#Cc2cccc(C(=O)[O-])c2)c1.CCOc1cc(C#Cc2cccc(C(=O)[O-])c2)cc(C#Cc2cccc(C(=O)[O-])c2)c1.CN(C)C=O.CN(C)C=O.[Cu+2].[Cu+2].[Cu+2].[Cu+2].[OH3+].[OH3+]. The molecule has 26 nitrogen and oxygen atoms in total. The van der Waals surface area contributed by atoms with Gasteiger partial charge in [-0.15, -0.1) is 0 Å². The average molecular weight is 2070 g/mol. The van der Waals surface area contributed by atoms with E-state index in [-0.39, 0.29) is 124 Å². The van der Waals surface area contributed by atoms with E-state index >= 15 is 0 Å². The number of carboxylic acids is 8. The third-order valence-corrected chi connectivity index (χ3v) is 16.9. The second-order valence-electron chi connectivity index (χ2n) is 27.8. The van der Waals surface area contributed by atoms with Crippen LogP contribution in [0.3, 0.4) is 0 Å². The van der Waals surface area contributed by atoms with Crippen molar-refractivity contribution in [3.63, 3.8) is 0 Å². The van der Waals surface area contributed by atoms with Gasteiger partial charge < -0.3 is 119 Å². The van der Waals surface area contributed by atoms with Crippen molar-refractivity contribution in [1.29, 1.82) is 0 Å². The summed E-state index contributed by atoms with van der Waals surface area (Å²) in [6, 6.07) is 70.8. The molecule has 0 fully saturated rings. The van der Waals surface area contributed by atoms with Crippen LogP contribution >= 0.6 is 0 Å². The molecule has 0 bridgehead atoms. The fraction of sp³-hybridized carbons (Fsp3) is 0.109. The minimum atomic E-state index is -1.26. The van der Waals surface area contributed by atoms with E-state index in [2.05, 4.69) is 94.7 Å². The van der Waals surface area contributed by atoms with Crippen molar-refractivity contribution in [2.45, 2.75) is 27.7 Å². The molecule has 6 N–H and O–H groups in total. The molecule has 2 amide bonds. The Labute approximate surface area is 851 Å². The molecule has 4 radical (unpaired) electrons. The first-order valence-electron chi connectivity index (χ1n) is 40.3. The van der Waals surface area contributed by atoms with E-state index in [0.29, 0.717) is 138 Å². The number of amides is 2. The normalized spacial score (nSPS) is 8.97. The van der Waals surface area contributed by atoms with Crippen molar-refractivity contribution >= 4 is 60.6 Å². The second-order valence-corrected chi connectivity index (χ2v) is 27.8. The second kappa shape index (κ2) is 64.1. The molecule has 12 rings (SSSR count). The molecule has 720 valence electrons. The quantitative estimate of drug-likeness (QED) is 0.0507. The van der Waals surface area contributed by atoms with Gasteiger partial charge in [-0.2, -0.15) is 0 Å². The third-order valence-electron chi connectivity index (χ3n) is 16.9. The number of benzene rings is 12. The van der Waals surface area contributed by atoms with E-state index in [9.17, 15) is 88.8 Å². The molecule has 12 aromatic rings. The topological polar surface area (TPSA) is 465 Å². The number of carboxylic acid groups (broad SMARTS) is 8. The van der Waals surface area contributed by atoms with Crippen molar-refractivity contribution < 1.29 is 187 Å². The summed E-state index contributed by atoms with van der Waals surface area (Å²) in [4.78, 5) is 110. The fourth-order valence-corrected chi connectivity index (χ4v) is 10.9. The molecule has 0 atom stereocenters. The summed E-state index contributed by atoms with van der Waals surface area (Å²) < 4.78 is 22.3. The molecule has 0 aliphatic heterocycles.